The highest BCUT2D eigenvalue weighted by atomic mass is 16.5. The van der Waals surface area contributed by atoms with Crippen molar-refractivity contribution in [2.45, 2.75) is 13.0 Å². The normalized spacial score (nSPS) is 11.3. The Hall–Kier alpha value is -2.03. The molecule has 0 aromatic heterocycles. The number of carbonyl (C=O) groups is 1. The summed E-state index contributed by atoms with van der Waals surface area (Å²) in [6.45, 7) is 2.14. The average Bonchev–Trinajstić information content (AvgIpc) is 2.51. The molecule has 0 spiro atoms. The second kappa shape index (κ2) is 8.30. The molecule has 1 aromatic rings. The minimum Gasteiger partial charge on any atom is -0.495 e. The minimum atomic E-state index is -0.244. The van der Waals surface area contributed by atoms with Crippen LogP contribution >= 0.6 is 0 Å². The summed E-state index contributed by atoms with van der Waals surface area (Å²) in [7, 11) is 4.87. The van der Waals surface area contributed by atoms with Crippen molar-refractivity contribution in [3.05, 3.63) is 29.3 Å². The Labute approximate surface area is 125 Å². The van der Waals surface area contributed by atoms with Gasteiger partial charge in [0.15, 0.2) is 0 Å². The van der Waals surface area contributed by atoms with E-state index in [0.29, 0.717) is 23.5 Å². The Morgan fingerprint density at radius 3 is 2.71 bits per heavy atom. The fraction of sp³-hybridized carbons (Fsp3) is 0.438. The molecule has 5 heteroatoms. The van der Waals surface area contributed by atoms with Crippen LogP contribution in [0.1, 0.15) is 22.8 Å². The van der Waals surface area contributed by atoms with Crippen LogP contribution in [-0.2, 0) is 4.74 Å². The molecule has 0 radical (unpaired) electrons. The van der Waals surface area contributed by atoms with Crippen molar-refractivity contribution in [1.82, 2.24) is 4.90 Å². The van der Waals surface area contributed by atoms with Gasteiger partial charge in [0, 0.05) is 19.7 Å². The zero-order valence-corrected chi connectivity index (χ0v) is 12.8. The first-order valence-corrected chi connectivity index (χ1v) is 6.59. The van der Waals surface area contributed by atoms with Gasteiger partial charge in [0.2, 0.25) is 0 Å². The van der Waals surface area contributed by atoms with Gasteiger partial charge in [-0.1, -0.05) is 11.8 Å². The second-order valence-corrected chi connectivity index (χ2v) is 4.60. The van der Waals surface area contributed by atoms with Gasteiger partial charge in [-0.05, 0) is 25.1 Å². The van der Waals surface area contributed by atoms with Crippen molar-refractivity contribution in [2.75, 3.05) is 34.5 Å². The predicted molar refractivity (Wildman–Crippen MR) is 80.4 cm³/mol. The third-order valence-electron chi connectivity index (χ3n) is 3.14. The molecule has 0 heterocycles. The molecule has 1 amide bonds. The molecule has 1 aromatic carbocycles. The van der Waals surface area contributed by atoms with Gasteiger partial charge in [-0.15, -0.1) is 0 Å². The van der Waals surface area contributed by atoms with E-state index >= 15 is 0 Å². The first kappa shape index (κ1) is 17.0. The molecule has 1 N–H and O–H groups in total. The molecular formula is C16H21NO4. The summed E-state index contributed by atoms with van der Waals surface area (Å²) in [4.78, 5) is 14.0. The maximum absolute atomic E-state index is 12.4. The first-order chi connectivity index (χ1) is 10.0. The third-order valence-corrected chi connectivity index (χ3v) is 3.14. The Bertz CT molecular complexity index is 545. The molecule has 0 aliphatic rings. The maximum Gasteiger partial charge on any atom is 0.253 e. The number of methoxy groups -OCH3 is 2. The number of carbonyl (C=O) groups excluding carboxylic acids is 1. The van der Waals surface area contributed by atoms with E-state index in [1.807, 2.05) is 6.92 Å². The van der Waals surface area contributed by atoms with Crippen molar-refractivity contribution in [3.8, 4) is 17.6 Å². The lowest BCUT2D eigenvalue weighted by Crippen LogP contribution is -2.37. The summed E-state index contributed by atoms with van der Waals surface area (Å²) in [5, 5.41) is 8.79. The number of hydrogen-bond acceptors (Lipinski definition) is 4. The summed E-state index contributed by atoms with van der Waals surface area (Å²) in [6.07, 6.45) is 0. The topological polar surface area (TPSA) is 59.0 Å². The number of amides is 1. The summed E-state index contributed by atoms with van der Waals surface area (Å²) < 4.78 is 10.3. The lowest BCUT2D eigenvalue weighted by Gasteiger charge is -2.24. The molecule has 0 aliphatic carbocycles. The number of aliphatic hydroxyl groups is 1. The van der Waals surface area contributed by atoms with Gasteiger partial charge in [0.1, 0.15) is 12.4 Å². The number of hydrogen-bond donors (Lipinski definition) is 1. The molecule has 21 heavy (non-hydrogen) atoms. The van der Waals surface area contributed by atoms with Crippen molar-refractivity contribution in [2.24, 2.45) is 0 Å². The Balaban J connectivity index is 3.05. The van der Waals surface area contributed by atoms with Crippen LogP contribution in [0.25, 0.3) is 0 Å². The fourth-order valence-electron chi connectivity index (χ4n) is 1.83. The zero-order chi connectivity index (χ0) is 15.8. The van der Waals surface area contributed by atoms with E-state index in [9.17, 15) is 4.79 Å². The lowest BCUT2D eigenvalue weighted by atomic mass is 10.1. The van der Waals surface area contributed by atoms with Gasteiger partial charge in [-0.25, -0.2) is 0 Å². The summed E-state index contributed by atoms with van der Waals surface area (Å²) in [6, 6.07) is 5.03. The molecule has 5 nitrogen and oxygen atoms in total. The number of benzene rings is 1. The number of aliphatic hydroxyl groups excluding tert-OH is 1. The largest absolute Gasteiger partial charge is 0.495 e. The van der Waals surface area contributed by atoms with Crippen molar-refractivity contribution in [3.63, 3.8) is 0 Å². The highest BCUT2D eigenvalue weighted by Gasteiger charge is 2.18. The SMILES string of the molecule is COCC(C)N(C)C(=O)c1ccc(OC)c(C#CCO)c1. The molecule has 1 rings (SSSR count). The van der Waals surface area contributed by atoms with Gasteiger partial charge < -0.3 is 19.5 Å². The second-order valence-electron chi connectivity index (χ2n) is 4.60. The van der Waals surface area contributed by atoms with Crippen LogP contribution in [0.2, 0.25) is 0 Å². The van der Waals surface area contributed by atoms with Crippen LogP contribution in [0, 0.1) is 11.8 Å². The van der Waals surface area contributed by atoms with Gasteiger partial charge in [-0.2, -0.15) is 0 Å². The lowest BCUT2D eigenvalue weighted by molar-refractivity contribution is 0.0633. The number of ether oxygens (including phenoxy) is 2. The average molecular weight is 291 g/mol. The summed E-state index contributed by atoms with van der Waals surface area (Å²) in [5.41, 5.74) is 1.09. The van der Waals surface area contributed by atoms with Crippen molar-refractivity contribution in [1.29, 1.82) is 0 Å². The van der Waals surface area contributed by atoms with Crippen LogP contribution in [-0.4, -0.2) is 56.4 Å². The van der Waals surface area contributed by atoms with Gasteiger partial charge in [-0.3, -0.25) is 4.79 Å². The first-order valence-electron chi connectivity index (χ1n) is 6.59. The van der Waals surface area contributed by atoms with Gasteiger partial charge >= 0.3 is 0 Å². The minimum absolute atomic E-state index is 0.0309. The van der Waals surface area contributed by atoms with Crippen molar-refractivity contribution >= 4 is 5.91 Å². The fourth-order valence-corrected chi connectivity index (χ4v) is 1.83. The predicted octanol–water partition coefficient (Wildman–Crippen LogP) is 1.15. The molecule has 114 valence electrons. The van der Waals surface area contributed by atoms with E-state index in [1.54, 1.807) is 37.3 Å². The number of nitrogens with zero attached hydrogens (tertiary/aromatic N) is 1. The smallest absolute Gasteiger partial charge is 0.253 e. The standard InChI is InChI=1S/C16H21NO4/c1-12(11-20-3)17(2)16(19)14-7-8-15(21-4)13(10-14)6-5-9-18/h7-8,10,12,18H,9,11H2,1-4H3. The molecule has 0 saturated carbocycles. The Kier molecular flexibility index (Phi) is 6.73. The number of rotatable bonds is 5. The molecule has 0 aliphatic heterocycles. The maximum atomic E-state index is 12.4. The molecule has 1 atom stereocenters. The highest BCUT2D eigenvalue weighted by Crippen LogP contribution is 2.20. The summed E-state index contributed by atoms with van der Waals surface area (Å²) in [5.74, 6) is 5.79. The van der Waals surface area contributed by atoms with E-state index in [2.05, 4.69) is 11.8 Å². The van der Waals surface area contributed by atoms with Crippen LogP contribution in [0.4, 0.5) is 0 Å². The van der Waals surface area contributed by atoms with E-state index in [1.165, 1.54) is 7.11 Å². The van der Waals surface area contributed by atoms with E-state index in [4.69, 9.17) is 14.6 Å². The summed E-state index contributed by atoms with van der Waals surface area (Å²) >= 11 is 0. The van der Waals surface area contributed by atoms with Crippen LogP contribution < -0.4 is 4.74 Å². The Morgan fingerprint density at radius 2 is 2.14 bits per heavy atom. The highest BCUT2D eigenvalue weighted by molar-refractivity contribution is 5.95. The monoisotopic (exact) mass is 291 g/mol. The van der Waals surface area contributed by atoms with Crippen LogP contribution in [0.15, 0.2) is 18.2 Å². The molecule has 0 fully saturated rings. The van der Waals surface area contributed by atoms with E-state index in [0.717, 1.165) is 0 Å². The quantitative estimate of drug-likeness (QED) is 0.827. The van der Waals surface area contributed by atoms with Crippen molar-refractivity contribution < 1.29 is 19.4 Å². The van der Waals surface area contributed by atoms with Gasteiger partial charge in [0.05, 0.1) is 25.3 Å². The van der Waals surface area contributed by atoms with E-state index in [-0.39, 0.29) is 18.6 Å². The molecule has 0 saturated heterocycles. The van der Waals surface area contributed by atoms with E-state index < -0.39 is 0 Å². The Morgan fingerprint density at radius 1 is 1.43 bits per heavy atom. The molecule has 1 unspecified atom stereocenters. The molecule has 0 bridgehead atoms. The van der Waals surface area contributed by atoms with Gasteiger partial charge in [0.25, 0.3) is 5.91 Å². The third kappa shape index (κ3) is 4.48. The van der Waals surface area contributed by atoms with Crippen LogP contribution in [0.5, 0.6) is 5.75 Å². The molecular weight excluding hydrogens is 270 g/mol. The zero-order valence-electron chi connectivity index (χ0n) is 12.8. The number of likely N-dealkylation sites (N-methyl/N-ethyl adjacent to an activating group) is 1. The van der Waals surface area contributed by atoms with Crippen LogP contribution in [0.3, 0.4) is 0 Å².